The molecule has 0 spiro atoms. The number of hydrogen-bond acceptors (Lipinski definition) is 4. The van der Waals surface area contributed by atoms with Crippen LogP contribution in [0.2, 0.25) is 0 Å². The molecule has 0 amide bonds. The van der Waals surface area contributed by atoms with E-state index in [4.69, 9.17) is 19.4 Å². The molecule has 0 fully saturated rings. The Balaban J connectivity index is 1.29. The fourth-order valence-electron chi connectivity index (χ4n) is 6.91. The molecule has 9 rings (SSSR count). The second kappa shape index (κ2) is 11.3. The normalized spacial score (nSPS) is 14.2. The van der Waals surface area contributed by atoms with Crippen LogP contribution >= 0.6 is 0 Å². The Morgan fingerprint density at radius 2 is 1.09 bits per heavy atom. The van der Waals surface area contributed by atoms with E-state index in [1.54, 1.807) is 0 Å². The van der Waals surface area contributed by atoms with E-state index >= 15 is 0 Å². The van der Waals surface area contributed by atoms with Crippen molar-refractivity contribution in [2.75, 3.05) is 0 Å². The summed E-state index contributed by atoms with van der Waals surface area (Å²) in [6.45, 7) is 0. The van der Waals surface area contributed by atoms with Gasteiger partial charge in [-0.05, 0) is 52.4 Å². The largest absolute Gasteiger partial charge is 0.456 e. The highest BCUT2D eigenvalue weighted by Gasteiger charge is 2.26. The van der Waals surface area contributed by atoms with Gasteiger partial charge >= 0.3 is 0 Å². The van der Waals surface area contributed by atoms with Crippen molar-refractivity contribution >= 4 is 27.5 Å². The number of fused-ring (bicyclic) bond motifs is 4. The molecule has 222 valence electrons. The summed E-state index contributed by atoms with van der Waals surface area (Å²) in [5.41, 5.74) is 10.6. The summed E-state index contributed by atoms with van der Waals surface area (Å²) in [5, 5.41) is 2.04. The van der Waals surface area contributed by atoms with Gasteiger partial charge in [-0.1, -0.05) is 140 Å². The van der Waals surface area contributed by atoms with E-state index in [9.17, 15) is 0 Å². The molecule has 2 heterocycles. The standard InChI is InChI=1S/C43H29N3O/c1-4-14-28(15-5-1)32-24-25-33(35-21-11-10-20-34(32)35)31-26-37(40-36-22-12-13-23-38(36)47-39(40)27-31)43-45-41(29-16-6-2-7-17-29)44-42(46-43)30-18-8-3-9-19-30/h1-23,25-27,32H,24H2. The number of aromatic nitrogens is 3. The number of allylic oxidation sites excluding steroid dienone is 1. The average molecular weight is 604 g/mol. The zero-order valence-corrected chi connectivity index (χ0v) is 25.5. The van der Waals surface area contributed by atoms with Crippen LogP contribution in [-0.4, -0.2) is 15.0 Å². The van der Waals surface area contributed by atoms with Gasteiger partial charge in [0.2, 0.25) is 0 Å². The molecule has 6 aromatic carbocycles. The molecule has 0 bridgehead atoms. The third-order valence-electron chi connectivity index (χ3n) is 9.12. The molecule has 0 aliphatic heterocycles. The summed E-state index contributed by atoms with van der Waals surface area (Å²) in [7, 11) is 0. The first-order chi connectivity index (χ1) is 23.3. The van der Waals surface area contributed by atoms with Crippen LogP contribution in [0, 0.1) is 0 Å². The van der Waals surface area contributed by atoms with Gasteiger partial charge in [-0.3, -0.25) is 0 Å². The van der Waals surface area contributed by atoms with Gasteiger partial charge in [0.25, 0.3) is 0 Å². The molecule has 8 aromatic rings. The number of furan rings is 1. The molecule has 1 atom stereocenters. The van der Waals surface area contributed by atoms with E-state index in [-0.39, 0.29) is 0 Å². The Morgan fingerprint density at radius 1 is 0.489 bits per heavy atom. The molecule has 0 saturated carbocycles. The Morgan fingerprint density at radius 3 is 1.81 bits per heavy atom. The third-order valence-corrected chi connectivity index (χ3v) is 9.12. The van der Waals surface area contributed by atoms with Gasteiger partial charge < -0.3 is 4.42 Å². The molecule has 1 aliphatic carbocycles. The molecule has 4 heteroatoms. The number of nitrogens with zero attached hydrogens (tertiary/aromatic N) is 3. The van der Waals surface area contributed by atoms with Crippen LogP contribution in [0.5, 0.6) is 0 Å². The van der Waals surface area contributed by atoms with Crippen molar-refractivity contribution in [1.82, 2.24) is 15.0 Å². The molecule has 1 unspecified atom stereocenters. The van der Waals surface area contributed by atoms with Crippen molar-refractivity contribution in [3.63, 3.8) is 0 Å². The van der Waals surface area contributed by atoms with Crippen molar-refractivity contribution < 1.29 is 4.42 Å². The smallest absolute Gasteiger partial charge is 0.164 e. The molecular formula is C43H29N3O. The fourth-order valence-corrected chi connectivity index (χ4v) is 6.91. The zero-order chi connectivity index (χ0) is 31.2. The Hall–Kier alpha value is -6.13. The van der Waals surface area contributed by atoms with E-state index in [1.807, 2.05) is 72.8 Å². The van der Waals surface area contributed by atoms with Gasteiger partial charge in [0.05, 0.1) is 0 Å². The molecule has 47 heavy (non-hydrogen) atoms. The Kier molecular flexibility index (Phi) is 6.57. The van der Waals surface area contributed by atoms with Crippen molar-refractivity contribution in [3.05, 3.63) is 180 Å². The molecule has 0 N–H and O–H groups in total. The highest BCUT2D eigenvalue weighted by molar-refractivity contribution is 6.13. The molecule has 0 saturated heterocycles. The van der Waals surface area contributed by atoms with Gasteiger partial charge in [0.15, 0.2) is 17.5 Å². The Bertz CT molecular complexity index is 2370. The predicted molar refractivity (Wildman–Crippen MR) is 190 cm³/mol. The van der Waals surface area contributed by atoms with Crippen LogP contribution < -0.4 is 0 Å². The van der Waals surface area contributed by atoms with Gasteiger partial charge in [-0.25, -0.2) is 15.0 Å². The van der Waals surface area contributed by atoms with E-state index < -0.39 is 0 Å². The summed E-state index contributed by atoms with van der Waals surface area (Å²) in [6.07, 6.45) is 3.29. The maximum atomic E-state index is 6.56. The quantitative estimate of drug-likeness (QED) is 0.196. The second-order valence-corrected chi connectivity index (χ2v) is 11.9. The van der Waals surface area contributed by atoms with E-state index in [0.717, 1.165) is 50.6 Å². The summed E-state index contributed by atoms with van der Waals surface area (Å²) in [5.74, 6) is 2.18. The zero-order valence-electron chi connectivity index (χ0n) is 25.5. The van der Waals surface area contributed by atoms with Crippen LogP contribution in [0.3, 0.4) is 0 Å². The number of benzene rings is 6. The molecule has 4 nitrogen and oxygen atoms in total. The van der Waals surface area contributed by atoms with Gasteiger partial charge in [0.1, 0.15) is 11.2 Å². The van der Waals surface area contributed by atoms with E-state index in [1.165, 1.54) is 22.3 Å². The first-order valence-corrected chi connectivity index (χ1v) is 16.0. The van der Waals surface area contributed by atoms with Crippen molar-refractivity contribution in [1.29, 1.82) is 0 Å². The minimum Gasteiger partial charge on any atom is -0.456 e. The summed E-state index contributed by atoms with van der Waals surface area (Å²) in [6, 6.07) is 52.4. The lowest BCUT2D eigenvalue weighted by atomic mass is 9.77. The third kappa shape index (κ3) is 4.82. The van der Waals surface area contributed by atoms with Crippen LogP contribution in [-0.2, 0) is 0 Å². The van der Waals surface area contributed by atoms with Crippen molar-refractivity contribution in [2.45, 2.75) is 12.3 Å². The minimum absolute atomic E-state index is 0.302. The lowest BCUT2D eigenvalue weighted by molar-refractivity contribution is 0.669. The van der Waals surface area contributed by atoms with Crippen LogP contribution in [0.25, 0.3) is 61.7 Å². The fraction of sp³-hybridized carbons (Fsp3) is 0.0465. The summed E-state index contributed by atoms with van der Waals surface area (Å²) in [4.78, 5) is 15.2. The number of hydrogen-bond donors (Lipinski definition) is 0. The van der Waals surface area contributed by atoms with Crippen LogP contribution in [0.1, 0.15) is 34.6 Å². The lowest BCUT2D eigenvalue weighted by Gasteiger charge is -2.26. The van der Waals surface area contributed by atoms with Gasteiger partial charge in [0, 0.05) is 33.4 Å². The topological polar surface area (TPSA) is 51.8 Å². The maximum absolute atomic E-state index is 6.56. The minimum atomic E-state index is 0.302. The average Bonchev–Trinajstić information content (AvgIpc) is 3.53. The van der Waals surface area contributed by atoms with E-state index in [2.05, 4.69) is 84.9 Å². The maximum Gasteiger partial charge on any atom is 0.164 e. The van der Waals surface area contributed by atoms with Crippen molar-refractivity contribution in [2.24, 2.45) is 0 Å². The summed E-state index contributed by atoms with van der Waals surface area (Å²) >= 11 is 0. The first-order valence-electron chi connectivity index (χ1n) is 16.0. The van der Waals surface area contributed by atoms with Crippen LogP contribution in [0.15, 0.2) is 162 Å². The monoisotopic (exact) mass is 603 g/mol. The number of rotatable bonds is 5. The second-order valence-electron chi connectivity index (χ2n) is 11.9. The molecular weight excluding hydrogens is 574 g/mol. The van der Waals surface area contributed by atoms with Gasteiger partial charge in [-0.15, -0.1) is 0 Å². The molecule has 2 aromatic heterocycles. The van der Waals surface area contributed by atoms with Crippen molar-refractivity contribution in [3.8, 4) is 34.2 Å². The molecule has 0 radical (unpaired) electrons. The van der Waals surface area contributed by atoms with Gasteiger partial charge in [-0.2, -0.15) is 0 Å². The highest BCUT2D eigenvalue weighted by Crippen LogP contribution is 2.44. The Labute approximate surface area is 272 Å². The highest BCUT2D eigenvalue weighted by atomic mass is 16.3. The predicted octanol–water partition coefficient (Wildman–Crippen LogP) is 10.7. The number of para-hydroxylation sites is 1. The first kappa shape index (κ1) is 27.2. The van der Waals surface area contributed by atoms with E-state index in [0.29, 0.717) is 23.4 Å². The molecule has 1 aliphatic rings. The SMILES string of the molecule is C1=C(c2cc(-c3nc(-c4ccccc4)nc(-c4ccccc4)n3)c3c(c2)oc2ccccc23)c2ccccc2C(c2ccccc2)C1. The van der Waals surface area contributed by atoms with Crippen LogP contribution in [0.4, 0.5) is 0 Å². The lowest BCUT2D eigenvalue weighted by Crippen LogP contribution is -2.09. The summed E-state index contributed by atoms with van der Waals surface area (Å²) < 4.78 is 6.56.